The van der Waals surface area contributed by atoms with Gasteiger partial charge in [0.2, 0.25) is 5.91 Å². The van der Waals surface area contributed by atoms with Crippen LogP contribution in [-0.4, -0.2) is 24.1 Å². The Labute approximate surface area is 133 Å². The highest BCUT2D eigenvalue weighted by Crippen LogP contribution is 2.11. The van der Waals surface area contributed by atoms with Gasteiger partial charge in [-0.1, -0.05) is 12.1 Å². The Hall–Kier alpha value is -2.89. The van der Waals surface area contributed by atoms with Crippen LogP contribution in [0.5, 0.6) is 0 Å². The van der Waals surface area contributed by atoms with Gasteiger partial charge in [-0.2, -0.15) is 0 Å². The van der Waals surface area contributed by atoms with Gasteiger partial charge in [-0.05, 0) is 37.6 Å². The molecule has 0 aliphatic rings. The Kier molecular flexibility index (Phi) is 5.68. The number of anilines is 1. The molecule has 0 radical (unpaired) electrons. The molecule has 1 aromatic heterocycles. The van der Waals surface area contributed by atoms with Gasteiger partial charge in [0, 0.05) is 24.2 Å². The molecule has 120 valence electrons. The Morgan fingerprint density at radius 2 is 1.96 bits per heavy atom. The molecule has 23 heavy (non-hydrogen) atoms. The van der Waals surface area contributed by atoms with Crippen LogP contribution in [0.1, 0.15) is 40.7 Å². The van der Waals surface area contributed by atoms with E-state index in [-0.39, 0.29) is 29.8 Å². The zero-order valence-corrected chi connectivity index (χ0v) is 12.8. The number of carbonyl (C=O) groups excluding carboxylic acids is 3. The molecule has 6 nitrogen and oxygen atoms in total. The molecule has 2 rings (SSSR count). The summed E-state index contributed by atoms with van der Waals surface area (Å²) in [5, 5.41) is 5.40. The van der Waals surface area contributed by atoms with Crippen LogP contribution in [0.15, 0.2) is 47.1 Å². The van der Waals surface area contributed by atoms with Crippen LogP contribution < -0.4 is 10.6 Å². The normalized spacial score (nSPS) is 10.1. The zero-order chi connectivity index (χ0) is 16.7. The SMILES string of the molecule is CC(=O)c1cccc(NC(=O)CCCNC(=O)c2ccco2)c1. The summed E-state index contributed by atoms with van der Waals surface area (Å²) in [4.78, 5) is 34.7. The standard InChI is InChI=1S/C17H18N2O4/c1-12(20)13-5-2-6-14(11-13)19-16(21)8-3-9-18-17(22)15-7-4-10-23-15/h2,4-7,10-11H,3,8-9H2,1H3,(H,18,22)(H,19,21). The maximum Gasteiger partial charge on any atom is 0.286 e. The summed E-state index contributed by atoms with van der Waals surface area (Å²) in [5.41, 5.74) is 1.14. The molecule has 0 aliphatic carbocycles. The Morgan fingerprint density at radius 3 is 2.65 bits per heavy atom. The van der Waals surface area contributed by atoms with E-state index in [1.807, 2.05) is 0 Å². The van der Waals surface area contributed by atoms with Crippen LogP contribution in [0.3, 0.4) is 0 Å². The highest BCUT2D eigenvalue weighted by atomic mass is 16.3. The van der Waals surface area contributed by atoms with Crippen LogP contribution in [-0.2, 0) is 4.79 Å². The first-order valence-electron chi connectivity index (χ1n) is 7.29. The molecule has 2 amide bonds. The first-order chi connectivity index (χ1) is 11.1. The van der Waals surface area contributed by atoms with Crippen LogP contribution >= 0.6 is 0 Å². The minimum Gasteiger partial charge on any atom is -0.459 e. The third kappa shape index (κ3) is 5.10. The molecular weight excluding hydrogens is 296 g/mol. The molecule has 6 heteroatoms. The number of rotatable bonds is 7. The monoisotopic (exact) mass is 314 g/mol. The van der Waals surface area contributed by atoms with Crippen LogP contribution in [0.4, 0.5) is 5.69 Å². The Balaban J connectivity index is 1.72. The van der Waals surface area contributed by atoms with Crippen molar-refractivity contribution in [2.45, 2.75) is 19.8 Å². The second-order valence-electron chi connectivity index (χ2n) is 5.02. The van der Waals surface area contributed by atoms with Gasteiger partial charge in [0.1, 0.15) is 0 Å². The van der Waals surface area contributed by atoms with Crippen LogP contribution in [0.25, 0.3) is 0 Å². The average molecular weight is 314 g/mol. The van der Waals surface area contributed by atoms with Crippen LogP contribution in [0, 0.1) is 0 Å². The summed E-state index contributed by atoms with van der Waals surface area (Å²) in [5.74, 6) is -0.278. The number of benzene rings is 1. The Bertz CT molecular complexity index is 692. The van der Waals surface area contributed by atoms with E-state index in [1.54, 1.807) is 36.4 Å². The number of hydrogen-bond donors (Lipinski definition) is 2. The van der Waals surface area contributed by atoms with E-state index in [0.717, 1.165) is 0 Å². The van der Waals surface area contributed by atoms with Gasteiger partial charge in [0.05, 0.1) is 6.26 Å². The molecule has 2 aromatic rings. The van der Waals surface area contributed by atoms with Crippen molar-refractivity contribution in [2.24, 2.45) is 0 Å². The second-order valence-corrected chi connectivity index (χ2v) is 5.02. The third-order valence-electron chi connectivity index (χ3n) is 3.16. The van der Waals surface area contributed by atoms with Gasteiger partial charge in [-0.15, -0.1) is 0 Å². The molecule has 0 spiro atoms. The van der Waals surface area contributed by atoms with Gasteiger partial charge in [0.15, 0.2) is 11.5 Å². The van der Waals surface area contributed by atoms with Crippen molar-refractivity contribution in [3.63, 3.8) is 0 Å². The predicted octanol–water partition coefficient (Wildman–Crippen LogP) is 2.63. The van der Waals surface area contributed by atoms with Crippen molar-refractivity contribution in [3.8, 4) is 0 Å². The quantitative estimate of drug-likeness (QED) is 0.607. The number of Topliss-reactive ketones (excluding diaryl/α,β-unsaturated/α-hetero) is 1. The molecule has 2 N–H and O–H groups in total. The number of ketones is 1. The van der Waals surface area contributed by atoms with Gasteiger partial charge in [-0.3, -0.25) is 14.4 Å². The smallest absolute Gasteiger partial charge is 0.286 e. The summed E-state index contributed by atoms with van der Waals surface area (Å²) < 4.78 is 4.96. The van der Waals surface area contributed by atoms with E-state index in [9.17, 15) is 14.4 Å². The number of nitrogens with one attached hydrogen (secondary N) is 2. The highest BCUT2D eigenvalue weighted by Gasteiger charge is 2.08. The number of amides is 2. The lowest BCUT2D eigenvalue weighted by molar-refractivity contribution is -0.116. The number of carbonyl (C=O) groups is 3. The fourth-order valence-corrected chi connectivity index (χ4v) is 1.99. The van der Waals surface area contributed by atoms with Crippen molar-refractivity contribution in [2.75, 3.05) is 11.9 Å². The van der Waals surface area contributed by atoms with Crippen molar-refractivity contribution >= 4 is 23.3 Å². The minimum absolute atomic E-state index is 0.0539. The fourth-order valence-electron chi connectivity index (χ4n) is 1.99. The summed E-state index contributed by atoms with van der Waals surface area (Å²) in [7, 11) is 0. The lowest BCUT2D eigenvalue weighted by atomic mass is 10.1. The molecule has 1 heterocycles. The van der Waals surface area contributed by atoms with E-state index >= 15 is 0 Å². The topological polar surface area (TPSA) is 88.4 Å². The lowest BCUT2D eigenvalue weighted by Gasteiger charge is -2.07. The van der Waals surface area contributed by atoms with Gasteiger partial charge < -0.3 is 15.1 Å². The fraction of sp³-hybridized carbons (Fsp3) is 0.235. The van der Waals surface area contributed by atoms with E-state index in [1.165, 1.54) is 13.2 Å². The van der Waals surface area contributed by atoms with Crippen molar-refractivity contribution in [1.29, 1.82) is 0 Å². The molecule has 0 bridgehead atoms. The molecule has 0 atom stereocenters. The maximum atomic E-state index is 11.8. The number of hydrogen-bond acceptors (Lipinski definition) is 4. The summed E-state index contributed by atoms with van der Waals surface area (Å²) in [6, 6.07) is 9.99. The third-order valence-corrected chi connectivity index (χ3v) is 3.16. The summed E-state index contributed by atoms with van der Waals surface area (Å²) >= 11 is 0. The zero-order valence-electron chi connectivity index (χ0n) is 12.8. The summed E-state index contributed by atoms with van der Waals surface area (Å²) in [6.07, 6.45) is 2.20. The molecule has 1 aromatic carbocycles. The van der Waals surface area contributed by atoms with Crippen LogP contribution in [0.2, 0.25) is 0 Å². The van der Waals surface area contributed by atoms with E-state index < -0.39 is 0 Å². The van der Waals surface area contributed by atoms with Gasteiger partial charge in [-0.25, -0.2) is 0 Å². The van der Waals surface area contributed by atoms with Gasteiger partial charge >= 0.3 is 0 Å². The molecule has 0 aliphatic heterocycles. The first kappa shape index (κ1) is 16.5. The minimum atomic E-state index is -0.301. The van der Waals surface area contributed by atoms with Gasteiger partial charge in [0.25, 0.3) is 5.91 Å². The van der Waals surface area contributed by atoms with Crippen molar-refractivity contribution in [1.82, 2.24) is 5.32 Å². The van der Waals surface area contributed by atoms with E-state index in [4.69, 9.17) is 4.42 Å². The molecular formula is C17H18N2O4. The van der Waals surface area contributed by atoms with Crippen molar-refractivity contribution < 1.29 is 18.8 Å². The average Bonchev–Trinajstić information content (AvgIpc) is 3.06. The van der Waals surface area contributed by atoms with E-state index in [0.29, 0.717) is 24.2 Å². The summed E-state index contributed by atoms with van der Waals surface area (Å²) in [6.45, 7) is 1.85. The number of furan rings is 1. The highest BCUT2D eigenvalue weighted by molar-refractivity contribution is 5.97. The molecule has 0 saturated heterocycles. The lowest BCUT2D eigenvalue weighted by Crippen LogP contribution is -2.25. The molecule has 0 unspecified atom stereocenters. The molecule has 0 fully saturated rings. The maximum absolute atomic E-state index is 11.8. The van der Waals surface area contributed by atoms with Crippen molar-refractivity contribution in [3.05, 3.63) is 54.0 Å². The largest absolute Gasteiger partial charge is 0.459 e. The first-order valence-corrected chi connectivity index (χ1v) is 7.29. The Morgan fingerprint density at radius 1 is 1.13 bits per heavy atom. The predicted molar refractivity (Wildman–Crippen MR) is 85.4 cm³/mol. The van der Waals surface area contributed by atoms with E-state index in [2.05, 4.69) is 10.6 Å². The molecule has 0 saturated carbocycles. The second kappa shape index (κ2) is 7.93.